The van der Waals surface area contributed by atoms with Crippen LogP contribution < -0.4 is 5.32 Å². The Balaban J connectivity index is 2.18. The molecule has 1 aliphatic carbocycles. The van der Waals surface area contributed by atoms with Crippen LogP contribution in [0, 0.1) is 11.8 Å². The Morgan fingerprint density at radius 2 is 2.21 bits per heavy atom. The molecule has 1 heterocycles. The topological polar surface area (TPSA) is 29.9 Å². The molecule has 1 fully saturated rings. The summed E-state index contributed by atoms with van der Waals surface area (Å²) in [6, 6.07) is 0.484. The minimum atomic E-state index is 0.484. The maximum atomic E-state index is 4.61. The summed E-state index contributed by atoms with van der Waals surface area (Å²) < 4.78 is 1.97. The van der Waals surface area contributed by atoms with Crippen molar-refractivity contribution in [1.29, 1.82) is 0 Å². The zero-order valence-corrected chi connectivity index (χ0v) is 12.9. The molecule has 1 aliphatic rings. The van der Waals surface area contributed by atoms with Crippen molar-refractivity contribution in [2.24, 2.45) is 18.9 Å². The molecule has 0 bridgehead atoms. The standard InChI is InChI=1S/C16H29N3/c1-5-12-8-7-9-13(10-12)16(17-3)14-11-19(4)18-15(14)6-2/h11-13,16-17H,5-10H2,1-4H3. The third-order valence-electron chi connectivity index (χ3n) is 4.79. The molecule has 1 aromatic rings. The molecule has 3 atom stereocenters. The molecule has 1 N–H and O–H groups in total. The van der Waals surface area contributed by atoms with Crippen molar-refractivity contribution < 1.29 is 0 Å². The van der Waals surface area contributed by atoms with Crippen molar-refractivity contribution in [3.8, 4) is 0 Å². The number of hydrogen-bond donors (Lipinski definition) is 1. The van der Waals surface area contributed by atoms with E-state index in [9.17, 15) is 0 Å². The first-order chi connectivity index (χ1) is 9.19. The third-order valence-corrected chi connectivity index (χ3v) is 4.79. The van der Waals surface area contributed by atoms with Gasteiger partial charge in [-0.25, -0.2) is 0 Å². The van der Waals surface area contributed by atoms with Gasteiger partial charge in [-0.05, 0) is 38.1 Å². The highest BCUT2D eigenvalue weighted by Gasteiger charge is 2.29. The fourth-order valence-electron chi connectivity index (χ4n) is 3.74. The van der Waals surface area contributed by atoms with Gasteiger partial charge >= 0.3 is 0 Å². The first-order valence-corrected chi connectivity index (χ1v) is 7.89. The van der Waals surface area contributed by atoms with E-state index in [0.717, 1.165) is 18.3 Å². The minimum Gasteiger partial charge on any atom is -0.313 e. The fraction of sp³-hybridized carbons (Fsp3) is 0.812. The van der Waals surface area contributed by atoms with Crippen molar-refractivity contribution in [3.63, 3.8) is 0 Å². The Morgan fingerprint density at radius 3 is 2.84 bits per heavy atom. The molecule has 0 saturated heterocycles. The van der Waals surface area contributed by atoms with Gasteiger partial charge in [0.05, 0.1) is 5.69 Å². The van der Waals surface area contributed by atoms with Gasteiger partial charge in [0, 0.05) is 24.8 Å². The second-order valence-corrected chi connectivity index (χ2v) is 6.03. The number of hydrogen-bond acceptors (Lipinski definition) is 2. The SMILES string of the molecule is CCc1nn(C)cc1C(NC)C1CCCC(CC)C1. The average Bonchev–Trinajstić information content (AvgIpc) is 2.81. The summed E-state index contributed by atoms with van der Waals surface area (Å²) in [7, 11) is 4.14. The largest absolute Gasteiger partial charge is 0.313 e. The van der Waals surface area contributed by atoms with Crippen LogP contribution in [0.15, 0.2) is 6.20 Å². The smallest absolute Gasteiger partial charge is 0.0669 e. The van der Waals surface area contributed by atoms with Crippen LogP contribution in [0.1, 0.15) is 63.3 Å². The first kappa shape index (κ1) is 14.6. The number of nitrogens with zero attached hydrogens (tertiary/aromatic N) is 2. The Labute approximate surface area is 117 Å². The van der Waals surface area contributed by atoms with Crippen LogP contribution in [0.2, 0.25) is 0 Å². The number of aryl methyl sites for hydroxylation is 2. The van der Waals surface area contributed by atoms with Crippen molar-refractivity contribution in [1.82, 2.24) is 15.1 Å². The molecule has 2 rings (SSSR count). The number of rotatable bonds is 5. The van der Waals surface area contributed by atoms with Crippen LogP contribution >= 0.6 is 0 Å². The van der Waals surface area contributed by atoms with Crippen LogP contribution in [0.3, 0.4) is 0 Å². The second-order valence-electron chi connectivity index (χ2n) is 6.03. The van der Waals surface area contributed by atoms with Gasteiger partial charge < -0.3 is 5.32 Å². The lowest BCUT2D eigenvalue weighted by molar-refractivity contribution is 0.214. The highest BCUT2D eigenvalue weighted by molar-refractivity contribution is 5.22. The molecule has 1 aromatic heterocycles. The normalized spacial score (nSPS) is 25.5. The van der Waals surface area contributed by atoms with Gasteiger partial charge in [-0.1, -0.05) is 33.1 Å². The van der Waals surface area contributed by atoms with E-state index >= 15 is 0 Å². The van der Waals surface area contributed by atoms with E-state index in [1.165, 1.54) is 43.4 Å². The van der Waals surface area contributed by atoms with E-state index in [1.54, 1.807) is 0 Å². The van der Waals surface area contributed by atoms with Crippen LogP contribution in [0.4, 0.5) is 0 Å². The van der Waals surface area contributed by atoms with Crippen molar-refractivity contribution >= 4 is 0 Å². The summed E-state index contributed by atoms with van der Waals surface area (Å²) >= 11 is 0. The minimum absolute atomic E-state index is 0.484. The second kappa shape index (κ2) is 6.56. The lowest BCUT2D eigenvalue weighted by Crippen LogP contribution is -2.29. The third kappa shape index (κ3) is 3.19. The van der Waals surface area contributed by atoms with E-state index in [0.29, 0.717) is 6.04 Å². The van der Waals surface area contributed by atoms with Crippen LogP contribution in [0.5, 0.6) is 0 Å². The Kier molecular flexibility index (Phi) is 5.03. The Morgan fingerprint density at radius 1 is 1.42 bits per heavy atom. The first-order valence-electron chi connectivity index (χ1n) is 7.89. The van der Waals surface area contributed by atoms with Gasteiger partial charge in [0.1, 0.15) is 0 Å². The summed E-state index contributed by atoms with van der Waals surface area (Å²) in [5, 5.41) is 8.18. The molecule has 1 saturated carbocycles. The van der Waals surface area contributed by atoms with Gasteiger partial charge in [-0.3, -0.25) is 4.68 Å². The molecule has 0 spiro atoms. The molecule has 3 nitrogen and oxygen atoms in total. The van der Waals surface area contributed by atoms with Crippen molar-refractivity contribution in [2.45, 2.75) is 58.4 Å². The van der Waals surface area contributed by atoms with Crippen LogP contribution in [-0.4, -0.2) is 16.8 Å². The number of nitrogens with one attached hydrogen (secondary N) is 1. The monoisotopic (exact) mass is 263 g/mol. The van der Waals surface area contributed by atoms with Gasteiger partial charge in [-0.15, -0.1) is 0 Å². The Bertz CT molecular complexity index is 397. The maximum absolute atomic E-state index is 4.61. The lowest BCUT2D eigenvalue weighted by atomic mass is 9.75. The molecular weight excluding hydrogens is 234 g/mol. The van der Waals surface area contributed by atoms with E-state index in [-0.39, 0.29) is 0 Å². The van der Waals surface area contributed by atoms with E-state index in [2.05, 4.69) is 37.5 Å². The highest BCUT2D eigenvalue weighted by atomic mass is 15.3. The van der Waals surface area contributed by atoms with E-state index < -0.39 is 0 Å². The van der Waals surface area contributed by atoms with Crippen LogP contribution in [0.25, 0.3) is 0 Å². The summed E-state index contributed by atoms with van der Waals surface area (Å²) in [5.41, 5.74) is 2.69. The van der Waals surface area contributed by atoms with E-state index in [1.807, 2.05) is 11.7 Å². The van der Waals surface area contributed by atoms with Gasteiger partial charge in [-0.2, -0.15) is 5.10 Å². The number of aromatic nitrogens is 2. The molecule has 0 aliphatic heterocycles. The quantitative estimate of drug-likeness (QED) is 0.881. The summed E-state index contributed by atoms with van der Waals surface area (Å²) in [4.78, 5) is 0. The van der Waals surface area contributed by atoms with E-state index in [4.69, 9.17) is 0 Å². The fourth-order valence-corrected chi connectivity index (χ4v) is 3.74. The predicted molar refractivity (Wildman–Crippen MR) is 80.1 cm³/mol. The molecule has 0 radical (unpaired) electrons. The van der Waals surface area contributed by atoms with Crippen molar-refractivity contribution in [2.75, 3.05) is 7.05 Å². The molecule has 0 aromatic carbocycles. The molecule has 3 heteroatoms. The lowest BCUT2D eigenvalue weighted by Gasteiger charge is -2.34. The van der Waals surface area contributed by atoms with Crippen molar-refractivity contribution in [3.05, 3.63) is 17.5 Å². The summed E-state index contributed by atoms with van der Waals surface area (Å²) in [6.07, 6.45) is 10.1. The highest BCUT2D eigenvalue weighted by Crippen LogP contribution is 2.39. The molecule has 0 amide bonds. The van der Waals surface area contributed by atoms with Gasteiger partial charge in [0.15, 0.2) is 0 Å². The average molecular weight is 263 g/mol. The molecule has 3 unspecified atom stereocenters. The summed E-state index contributed by atoms with van der Waals surface area (Å²) in [5.74, 6) is 1.70. The molecular formula is C16H29N3. The molecule has 19 heavy (non-hydrogen) atoms. The Hall–Kier alpha value is -0.830. The predicted octanol–water partition coefficient (Wildman–Crippen LogP) is 3.46. The maximum Gasteiger partial charge on any atom is 0.0669 e. The van der Waals surface area contributed by atoms with Gasteiger partial charge in [0.2, 0.25) is 0 Å². The summed E-state index contributed by atoms with van der Waals surface area (Å²) in [6.45, 7) is 4.54. The van der Waals surface area contributed by atoms with Gasteiger partial charge in [0.25, 0.3) is 0 Å². The molecule has 108 valence electrons. The van der Waals surface area contributed by atoms with Crippen LogP contribution in [-0.2, 0) is 13.5 Å². The zero-order chi connectivity index (χ0) is 13.8. The zero-order valence-electron chi connectivity index (χ0n) is 12.9.